The first-order valence-electron chi connectivity index (χ1n) is 9.80. The van der Waals surface area contributed by atoms with Crippen LogP contribution in [0.3, 0.4) is 0 Å². The van der Waals surface area contributed by atoms with Crippen LogP contribution in [-0.4, -0.2) is 72.4 Å². The average Bonchev–Trinajstić information content (AvgIpc) is 3.13. The Balaban J connectivity index is 1.32. The number of hydrogen-bond acceptors (Lipinski definition) is 6. The first kappa shape index (κ1) is 16.7. The van der Waals surface area contributed by atoms with Gasteiger partial charge in [-0.3, -0.25) is 0 Å². The summed E-state index contributed by atoms with van der Waals surface area (Å²) in [6.07, 6.45) is 9.38. The molecule has 6 heteroatoms. The minimum Gasteiger partial charge on any atom is -0.347 e. The lowest BCUT2D eigenvalue weighted by molar-refractivity contribution is 0.141. The number of rotatable bonds is 3. The molecule has 5 nitrogen and oxygen atoms in total. The fraction of sp³-hybridized carbons (Fsp3) is 0.889. The highest BCUT2D eigenvalue weighted by atomic mass is 32.1. The summed E-state index contributed by atoms with van der Waals surface area (Å²) in [6, 6.07) is 0.806. The van der Waals surface area contributed by atoms with Crippen LogP contribution in [-0.2, 0) is 0 Å². The molecule has 0 radical (unpaired) electrons. The highest BCUT2D eigenvalue weighted by Crippen LogP contribution is 2.33. The van der Waals surface area contributed by atoms with E-state index in [-0.39, 0.29) is 0 Å². The highest BCUT2D eigenvalue weighted by Gasteiger charge is 2.28. The molecule has 3 fully saturated rings. The number of hydrogen-bond donors (Lipinski definition) is 0. The maximum Gasteiger partial charge on any atom is 0.208 e. The van der Waals surface area contributed by atoms with Gasteiger partial charge in [-0.2, -0.15) is 0 Å². The molecule has 1 atom stereocenters. The van der Waals surface area contributed by atoms with Crippen molar-refractivity contribution in [2.75, 3.05) is 51.2 Å². The van der Waals surface area contributed by atoms with E-state index in [2.05, 4.69) is 31.9 Å². The quantitative estimate of drug-likeness (QED) is 0.838. The van der Waals surface area contributed by atoms with Gasteiger partial charge in [0, 0.05) is 31.6 Å². The molecule has 1 unspecified atom stereocenters. The summed E-state index contributed by atoms with van der Waals surface area (Å²) in [5, 5.41) is 11.5. The van der Waals surface area contributed by atoms with Gasteiger partial charge in [0.25, 0.3) is 0 Å². The molecule has 3 aliphatic rings. The first-order valence-corrected chi connectivity index (χ1v) is 10.6. The Morgan fingerprint density at radius 2 is 1.67 bits per heavy atom. The molecular weight excluding hydrogens is 318 g/mol. The number of nitrogens with zero attached hydrogens (tertiary/aromatic N) is 5. The lowest BCUT2D eigenvalue weighted by Gasteiger charge is -2.40. The minimum atomic E-state index is 0.598. The highest BCUT2D eigenvalue weighted by molar-refractivity contribution is 7.15. The molecule has 1 aromatic rings. The third-order valence-corrected chi connectivity index (χ3v) is 7.19. The van der Waals surface area contributed by atoms with Gasteiger partial charge in [-0.1, -0.05) is 17.8 Å². The molecule has 0 aromatic carbocycles. The van der Waals surface area contributed by atoms with Gasteiger partial charge in [0.2, 0.25) is 5.13 Å². The molecule has 0 N–H and O–H groups in total. The van der Waals surface area contributed by atoms with E-state index in [1.807, 2.05) is 11.3 Å². The van der Waals surface area contributed by atoms with E-state index in [0.29, 0.717) is 5.92 Å². The van der Waals surface area contributed by atoms with Crippen LogP contribution in [0.2, 0.25) is 0 Å². The fourth-order valence-electron chi connectivity index (χ4n) is 4.59. The van der Waals surface area contributed by atoms with Gasteiger partial charge in [-0.05, 0) is 65.2 Å². The van der Waals surface area contributed by atoms with Crippen molar-refractivity contribution in [1.29, 1.82) is 0 Å². The van der Waals surface area contributed by atoms with Crippen molar-refractivity contribution in [1.82, 2.24) is 20.0 Å². The van der Waals surface area contributed by atoms with E-state index in [0.717, 1.165) is 30.8 Å². The molecule has 4 rings (SSSR count). The minimum absolute atomic E-state index is 0.598. The average molecular weight is 350 g/mol. The number of piperidine rings is 3. The van der Waals surface area contributed by atoms with Crippen LogP contribution in [0.15, 0.2) is 0 Å². The molecule has 0 saturated carbocycles. The van der Waals surface area contributed by atoms with Crippen molar-refractivity contribution in [3.63, 3.8) is 0 Å². The lowest BCUT2D eigenvalue weighted by Crippen LogP contribution is -2.46. The molecule has 0 spiro atoms. The Hall–Kier alpha value is -0.720. The second-order valence-corrected chi connectivity index (χ2v) is 8.83. The predicted molar refractivity (Wildman–Crippen MR) is 100 cm³/mol. The zero-order valence-electron chi connectivity index (χ0n) is 15.0. The molecule has 4 heterocycles. The summed E-state index contributed by atoms with van der Waals surface area (Å²) in [5.74, 6) is 0.598. The van der Waals surface area contributed by atoms with E-state index >= 15 is 0 Å². The van der Waals surface area contributed by atoms with Gasteiger partial charge >= 0.3 is 0 Å². The Bertz CT molecular complexity index is 519. The maximum absolute atomic E-state index is 4.55. The predicted octanol–water partition coefficient (Wildman–Crippen LogP) is 2.80. The van der Waals surface area contributed by atoms with E-state index in [4.69, 9.17) is 0 Å². The Morgan fingerprint density at radius 3 is 2.42 bits per heavy atom. The molecular formula is C18H31N5S. The summed E-state index contributed by atoms with van der Waals surface area (Å²) in [4.78, 5) is 7.65. The molecule has 24 heavy (non-hydrogen) atoms. The number of anilines is 1. The van der Waals surface area contributed by atoms with Crippen LogP contribution < -0.4 is 4.90 Å². The van der Waals surface area contributed by atoms with Crippen LogP contribution in [0.25, 0.3) is 0 Å². The summed E-state index contributed by atoms with van der Waals surface area (Å²) in [5.41, 5.74) is 0. The van der Waals surface area contributed by atoms with Crippen LogP contribution in [0.4, 0.5) is 5.13 Å². The van der Waals surface area contributed by atoms with E-state index in [9.17, 15) is 0 Å². The summed E-state index contributed by atoms with van der Waals surface area (Å²) in [6.45, 7) is 7.32. The smallest absolute Gasteiger partial charge is 0.208 e. The Morgan fingerprint density at radius 1 is 0.875 bits per heavy atom. The van der Waals surface area contributed by atoms with Crippen LogP contribution in [0.5, 0.6) is 0 Å². The lowest BCUT2D eigenvalue weighted by atomic mass is 9.99. The van der Waals surface area contributed by atoms with Crippen molar-refractivity contribution >= 4 is 16.5 Å². The normalized spacial score (nSPS) is 28.4. The van der Waals surface area contributed by atoms with Crippen LogP contribution >= 0.6 is 11.3 Å². The monoisotopic (exact) mass is 349 g/mol. The van der Waals surface area contributed by atoms with E-state index in [1.54, 1.807) is 0 Å². The third kappa shape index (κ3) is 3.75. The number of likely N-dealkylation sites (N-methyl/N-ethyl adjacent to an activating group) is 1. The molecule has 0 amide bonds. The van der Waals surface area contributed by atoms with Gasteiger partial charge in [0.05, 0.1) is 0 Å². The third-order valence-electron chi connectivity index (χ3n) is 6.05. The summed E-state index contributed by atoms with van der Waals surface area (Å²) >= 11 is 1.85. The Kier molecular flexibility index (Phi) is 5.34. The number of likely N-dealkylation sites (tertiary alicyclic amines) is 2. The molecule has 0 aliphatic carbocycles. The van der Waals surface area contributed by atoms with Gasteiger partial charge in [-0.25, -0.2) is 0 Å². The van der Waals surface area contributed by atoms with Crippen molar-refractivity contribution in [3.05, 3.63) is 5.01 Å². The molecule has 3 aliphatic heterocycles. The van der Waals surface area contributed by atoms with E-state index < -0.39 is 0 Å². The van der Waals surface area contributed by atoms with Crippen molar-refractivity contribution in [3.8, 4) is 0 Å². The Labute approximate surface area is 150 Å². The molecule has 134 valence electrons. The molecule has 3 saturated heterocycles. The van der Waals surface area contributed by atoms with Gasteiger partial charge < -0.3 is 14.7 Å². The zero-order chi connectivity index (χ0) is 16.4. The fourth-order valence-corrected chi connectivity index (χ4v) is 5.61. The van der Waals surface area contributed by atoms with Crippen LogP contribution in [0, 0.1) is 0 Å². The molecule has 1 aromatic heterocycles. The second kappa shape index (κ2) is 7.67. The number of aromatic nitrogens is 2. The summed E-state index contributed by atoms with van der Waals surface area (Å²) < 4.78 is 0. The maximum atomic E-state index is 4.55. The first-order chi connectivity index (χ1) is 11.8. The second-order valence-electron chi connectivity index (χ2n) is 7.84. The SMILES string of the molecule is CN1CCCC(c2nnc(N3CCC(N4CCCCC4)CC3)s2)C1. The molecule has 0 bridgehead atoms. The van der Waals surface area contributed by atoms with Gasteiger partial charge in [0.1, 0.15) is 5.01 Å². The van der Waals surface area contributed by atoms with Crippen LogP contribution in [0.1, 0.15) is 55.9 Å². The van der Waals surface area contributed by atoms with Crippen molar-refractivity contribution in [2.24, 2.45) is 0 Å². The van der Waals surface area contributed by atoms with Crippen molar-refractivity contribution < 1.29 is 0 Å². The standard InChI is InChI=1S/C18H31N5S/c1-21-9-5-6-15(14-21)17-19-20-18(24-17)23-12-7-16(8-13-23)22-10-3-2-4-11-22/h15-16H,2-14H2,1H3. The largest absolute Gasteiger partial charge is 0.347 e. The topological polar surface area (TPSA) is 35.5 Å². The van der Waals surface area contributed by atoms with E-state index in [1.165, 1.54) is 69.6 Å². The van der Waals surface area contributed by atoms with Gasteiger partial charge in [0.15, 0.2) is 0 Å². The zero-order valence-corrected chi connectivity index (χ0v) is 15.8. The van der Waals surface area contributed by atoms with Crippen molar-refractivity contribution in [2.45, 2.75) is 56.9 Å². The summed E-state index contributed by atoms with van der Waals surface area (Å²) in [7, 11) is 2.22. The van der Waals surface area contributed by atoms with Gasteiger partial charge in [-0.15, -0.1) is 10.2 Å².